The summed E-state index contributed by atoms with van der Waals surface area (Å²) < 4.78 is 164. The minimum Gasteiger partial charge on any atom is -0.494 e. The number of alkyl halides is 11. The Morgan fingerprint density at radius 1 is 0.552 bits per heavy atom. The van der Waals surface area contributed by atoms with Crippen molar-refractivity contribution in [1.29, 1.82) is 0 Å². The second kappa shape index (κ2) is 20.2. The summed E-state index contributed by atoms with van der Waals surface area (Å²) in [6.07, 6.45) is -1.93. The van der Waals surface area contributed by atoms with Gasteiger partial charge in [0.1, 0.15) is 11.5 Å². The first-order chi connectivity index (χ1) is 27.1. The van der Waals surface area contributed by atoms with Gasteiger partial charge in [-0.15, -0.1) is 0 Å². The van der Waals surface area contributed by atoms with Gasteiger partial charge < -0.3 is 18.9 Å². The molecule has 3 rings (SSSR count). The zero-order valence-corrected chi connectivity index (χ0v) is 31.3. The highest BCUT2D eigenvalue weighted by atomic mass is 19.4. The predicted octanol–water partition coefficient (Wildman–Crippen LogP) is 11.7. The van der Waals surface area contributed by atoms with Gasteiger partial charge in [-0.3, -0.25) is 0 Å². The number of esters is 3. The third-order valence-electron chi connectivity index (χ3n) is 8.72. The lowest BCUT2D eigenvalue weighted by Gasteiger charge is -2.36. The van der Waals surface area contributed by atoms with Crippen LogP contribution in [0.25, 0.3) is 11.1 Å². The lowest BCUT2D eigenvalue weighted by atomic mass is 9.98. The minimum atomic E-state index is -7.69. The summed E-state index contributed by atoms with van der Waals surface area (Å²) >= 11 is 0. The molecule has 0 radical (unpaired) electrons. The zero-order valence-electron chi connectivity index (χ0n) is 31.3. The molecule has 1 atom stereocenters. The molecule has 320 valence electrons. The van der Waals surface area contributed by atoms with Crippen molar-refractivity contribution >= 4 is 17.9 Å². The summed E-state index contributed by atoms with van der Waals surface area (Å²) in [7, 11) is 0. The fourth-order valence-electron chi connectivity index (χ4n) is 5.24. The molecule has 0 aliphatic carbocycles. The van der Waals surface area contributed by atoms with Crippen LogP contribution in [0.15, 0.2) is 72.8 Å². The molecule has 0 fully saturated rings. The van der Waals surface area contributed by atoms with Gasteiger partial charge in [0, 0.05) is 0 Å². The normalized spacial score (nSPS) is 13.1. The molecule has 0 bridgehead atoms. The Labute approximate surface area is 326 Å². The number of hydrogen-bond acceptors (Lipinski definition) is 7. The Hall–Kier alpha value is -4.90. The first-order valence-electron chi connectivity index (χ1n) is 18.2. The van der Waals surface area contributed by atoms with E-state index in [4.69, 9.17) is 14.2 Å². The van der Waals surface area contributed by atoms with Crippen molar-refractivity contribution in [2.45, 2.75) is 108 Å². The van der Waals surface area contributed by atoms with Crippen LogP contribution in [0.3, 0.4) is 0 Å². The highest BCUT2D eigenvalue weighted by molar-refractivity contribution is 5.91. The van der Waals surface area contributed by atoms with Gasteiger partial charge in [-0.1, -0.05) is 50.5 Å². The Kier molecular flexibility index (Phi) is 16.5. The summed E-state index contributed by atoms with van der Waals surface area (Å²) in [5.41, 5.74) is 2.28. The highest BCUT2D eigenvalue weighted by Crippen LogP contribution is 2.57. The van der Waals surface area contributed by atoms with Gasteiger partial charge in [0.15, 0.2) is 0 Å². The Bertz CT molecular complexity index is 1780. The second-order valence-corrected chi connectivity index (χ2v) is 13.3. The van der Waals surface area contributed by atoms with Crippen molar-refractivity contribution in [3.63, 3.8) is 0 Å². The molecule has 0 saturated carbocycles. The van der Waals surface area contributed by atoms with Crippen molar-refractivity contribution in [2.24, 2.45) is 0 Å². The molecule has 0 saturated heterocycles. The monoisotopic (exact) mass is 842 g/mol. The second-order valence-electron chi connectivity index (χ2n) is 13.3. The molecule has 1 unspecified atom stereocenters. The van der Waals surface area contributed by atoms with Crippen molar-refractivity contribution in [3.05, 3.63) is 83.9 Å². The SMILES string of the molecule is CCCCCCC(C)OC(=O)c1ccc(-c2ccc(OC(=O)c3ccc(OCCCCCCOC(=O)C(F)(F)C(F)(F)C(F)(F)C(F)(F)C(F)(F)F)cc3)cc2)cc1. The number of benzene rings is 3. The van der Waals surface area contributed by atoms with E-state index >= 15 is 0 Å². The average molecular weight is 843 g/mol. The third kappa shape index (κ3) is 11.8. The molecular formula is C40H41F11O7. The first kappa shape index (κ1) is 47.5. The van der Waals surface area contributed by atoms with Crippen LogP contribution in [0, 0.1) is 0 Å². The molecule has 0 heterocycles. The maximum absolute atomic E-state index is 13.7. The molecule has 0 amide bonds. The molecule has 0 N–H and O–H groups in total. The van der Waals surface area contributed by atoms with E-state index in [2.05, 4.69) is 11.7 Å². The van der Waals surface area contributed by atoms with Crippen molar-refractivity contribution < 1.29 is 81.6 Å². The number of carbonyl (C=O) groups excluding carboxylic acids is 3. The van der Waals surface area contributed by atoms with E-state index in [1.165, 1.54) is 24.3 Å². The lowest BCUT2D eigenvalue weighted by Crippen LogP contribution is -2.68. The van der Waals surface area contributed by atoms with E-state index in [1.54, 1.807) is 48.5 Å². The Morgan fingerprint density at radius 2 is 1.03 bits per heavy atom. The standard InChI is InChI=1S/C40H41F11O7/c1-3-4-5-8-11-26(2)57-33(52)29-14-12-27(13-15-29)28-16-22-32(23-17-28)58-34(53)30-18-20-31(21-19-30)55-24-9-6-7-10-25-56-35(54)36(41,42)37(43,44)38(45,46)39(47,48)40(49,50)51/h12-23,26H,3-11,24-25H2,1-2H3. The van der Waals surface area contributed by atoms with Crippen LogP contribution < -0.4 is 9.47 Å². The van der Waals surface area contributed by atoms with Crippen LogP contribution in [0.5, 0.6) is 11.5 Å². The maximum atomic E-state index is 13.7. The minimum absolute atomic E-state index is 0.0912. The maximum Gasteiger partial charge on any atom is 0.460 e. The molecule has 58 heavy (non-hydrogen) atoms. The molecule has 0 aromatic heterocycles. The van der Waals surface area contributed by atoms with Crippen molar-refractivity contribution in [2.75, 3.05) is 13.2 Å². The number of carbonyl (C=O) groups is 3. The van der Waals surface area contributed by atoms with Gasteiger partial charge in [0.25, 0.3) is 0 Å². The largest absolute Gasteiger partial charge is 0.494 e. The average Bonchev–Trinajstić information content (AvgIpc) is 3.17. The molecule has 0 aliphatic rings. The lowest BCUT2D eigenvalue weighted by molar-refractivity contribution is -0.418. The summed E-state index contributed by atoms with van der Waals surface area (Å²) in [6.45, 7) is 3.05. The highest BCUT2D eigenvalue weighted by Gasteiger charge is 2.89. The number of halogens is 11. The van der Waals surface area contributed by atoms with Gasteiger partial charge in [-0.25, -0.2) is 14.4 Å². The van der Waals surface area contributed by atoms with E-state index in [0.717, 1.165) is 43.2 Å². The van der Waals surface area contributed by atoms with Crippen LogP contribution in [0.1, 0.15) is 92.4 Å². The van der Waals surface area contributed by atoms with E-state index in [9.17, 15) is 62.7 Å². The molecule has 0 spiro atoms. The topological polar surface area (TPSA) is 88.1 Å². The van der Waals surface area contributed by atoms with Crippen LogP contribution >= 0.6 is 0 Å². The van der Waals surface area contributed by atoms with Gasteiger partial charge in [0.05, 0.1) is 30.4 Å². The molecule has 3 aromatic carbocycles. The molecule has 7 nitrogen and oxygen atoms in total. The van der Waals surface area contributed by atoms with Gasteiger partial charge >= 0.3 is 47.8 Å². The van der Waals surface area contributed by atoms with Gasteiger partial charge in [-0.05, 0) is 105 Å². The number of hydrogen-bond donors (Lipinski definition) is 0. The molecule has 0 aliphatic heterocycles. The zero-order chi connectivity index (χ0) is 43.4. The Balaban J connectivity index is 1.37. The van der Waals surface area contributed by atoms with E-state index < -0.39 is 48.4 Å². The Morgan fingerprint density at radius 3 is 1.59 bits per heavy atom. The van der Waals surface area contributed by atoms with E-state index in [-0.39, 0.29) is 49.3 Å². The summed E-state index contributed by atoms with van der Waals surface area (Å²) in [6, 6.07) is 19.5. The van der Waals surface area contributed by atoms with E-state index in [0.29, 0.717) is 17.7 Å². The van der Waals surface area contributed by atoms with Crippen molar-refractivity contribution in [3.8, 4) is 22.6 Å². The van der Waals surface area contributed by atoms with Gasteiger partial charge in [-0.2, -0.15) is 48.3 Å². The smallest absolute Gasteiger partial charge is 0.460 e. The number of ether oxygens (including phenoxy) is 4. The number of unbranched alkanes of at least 4 members (excludes halogenated alkanes) is 6. The molecule has 3 aromatic rings. The fourth-order valence-corrected chi connectivity index (χ4v) is 5.24. The predicted molar refractivity (Wildman–Crippen MR) is 188 cm³/mol. The van der Waals surface area contributed by atoms with Crippen LogP contribution in [-0.2, 0) is 14.3 Å². The first-order valence-corrected chi connectivity index (χ1v) is 18.2. The quantitative estimate of drug-likeness (QED) is 0.0431. The summed E-state index contributed by atoms with van der Waals surface area (Å²) in [5.74, 6) is -33.3. The van der Waals surface area contributed by atoms with Crippen LogP contribution in [0.2, 0.25) is 0 Å². The third-order valence-corrected chi connectivity index (χ3v) is 8.72. The molecule has 18 heteroatoms. The summed E-state index contributed by atoms with van der Waals surface area (Å²) in [4.78, 5) is 36.5. The van der Waals surface area contributed by atoms with E-state index in [1.807, 2.05) is 6.92 Å². The van der Waals surface area contributed by atoms with Crippen molar-refractivity contribution in [1.82, 2.24) is 0 Å². The van der Waals surface area contributed by atoms with Crippen LogP contribution in [-0.4, -0.2) is 67.1 Å². The molecular weight excluding hydrogens is 801 g/mol. The van der Waals surface area contributed by atoms with Crippen LogP contribution in [0.4, 0.5) is 48.3 Å². The van der Waals surface area contributed by atoms with Gasteiger partial charge in [0.2, 0.25) is 0 Å². The fraction of sp³-hybridized carbons (Fsp3) is 0.475. The summed E-state index contributed by atoms with van der Waals surface area (Å²) in [5, 5.41) is 0. The number of rotatable bonds is 22.